The molecule has 0 bridgehead atoms. The average molecular weight is 428 g/mol. The molecule has 1 aliphatic heterocycles. The molecule has 2 heterocycles. The van der Waals surface area contributed by atoms with Crippen LogP contribution in [-0.4, -0.2) is 40.5 Å². The highest BCUT2D eigenvalue weighted by Gasteiger charge is 2.31. The van der Waals surface area contributed by atoms with Gasteiger partial charge in [-0.25, -0.2) is 8.78 Å². The van der Waals surface area contributed by atoms with Gasteiger partial charge in [0.1, 0.15) is 35.7 Å². The molecule has 2 aromatic carbocycles. The van der Waals surface area contributed by atoms with Crippen molar-refractivity contribution in [1.82, 2.24) is 15.1 Å². The van der Waals surface area contributed by atoms with Gasteiger partial charge in [-0.1, -0.05) is 12.1 Å². The number of benzene rings is 2. The number of para-hydroxylation sites is 2. The van der Waals surface area contributed by atoms with Crippen molar-refractivity contribution in [2.24, 2.45) is 0 Å². The molecule has 1 unspecified atom stereocenters. The number of likely N-dealkylation sites (N-methyl/N-ethyl adjacent to an activating group) is 1. The van der Waals surface area contributed by atoms with Gasteiger partial charge < -0.3 is 14.7 Å². The van der Waals surface area contributed by atoms with E-state index in [1.54, 1.807) is 32.2 Å². The number of carbonyl (C=O) groups excluding carboxylic acids is 1. The molecule has 1 aliphatic rings. The van der Waals surface area contributed by atoms with Crippen LogP contribution in [0, 0.1) is 18.6 Å². The maximum atomic E-state index is 14.0. The first kappa shape index (κ1) is 21.0. The molecule has 0 aliphatic carbocycles. The lowest BCUT2D eigenvalue weighted by Gasteiger charge is -2.22. The van der Waals surface area contributed by atoms with E-state index in [4.69, 9.17) is 4.74 Å². The van der Waals surface area contributed by atoms with Crippen LogP contribution in [0.1, 0.15) is 23.2 Å². The number of aliphatic hydroxyl groups excluding tert-OH is 1. The van der Waals surface area contributed by atoms with Crippen LogP contribution >= 0.6 is 0 Å². The summed E-state index contributed by atoms with van der Waals surface area (Å²) in [6.07, 6.45) is -1.26. The van der Waals surface area contributed by atoms with E-state index < -0.39 is 23.9 Å². The molecule has 0 saturated carbocycles. The third-order valence-corrected chi connectivity index (χ3v) is 5.23. The first-order valence-electron chi connectivity index (χ1n) is 9.75. The Hall–Kier alpha value is -3.30. The minimum atomic E-state index is -1.26. The second kappa shape index (κ2) is 8.44. The number of fused-ring (bicyclic) bond motifs is 1. The van der Waals surface area contributed by atoms with Gasteiger partial charge in [-0.05, 0) is 43.3 Å². The molecular weight excluding hydrogens is 406 g/mol. The Labute approximate surface area is 177 Å². The summed E-state index contributed by atoms with van der Waals surface area (Å²) < 4.78 is 34.6. The molecule has 0 radical (unpaired) electrons. The number of nitrogens with zero attached hydrogens (tertiary/aromatic N) is 3. The molecule has 2 N–H and O–H groups in total. The summed E-state index contributed by atoms with van der Waals surface area (Å²) in [5.41, 5.74) is 1.69. The zero-order valence-electron chi connectivity index (χ0n) is 17.0. The van der Waals surface area contributed by atoms with E-state index in [0.29, 0.717) is 17.1 Å². The quantitative estimate of drug-likeness (QED) is 0.611. The predicted octanol–water partition coefficient (Wildman–Crippen LogP) is 2.52. The Bertz CT molecular complexity index is 1120. The topological polar surface area (TPSA) is 79.6 Å². The summed E-state index contributed by atoms with van der Waals surface area (Å²) in [4.78, 5) is 14.3. The summed E-state index contributed by atoms with van der Waals surface area (Å²) in [7, 11) is 1.64. The number of aliphatic hydroxyl groups is 1. The Morgan fingerprint density at radius 2 is 2.03 bits per heavy atom. The Morgan fingerprint density at radius 1 is 1.26 bits per heavy atom. The lowest BCUT2D eigenvalue weighted by Crippen LogP contribution is -2.48. The molecule has 0 fully saturated rings. The third-order valence-electron chi connectivity index (χ3n) is 5.23. The number of hydrogen-bond acceptors (Lipinski definition) is 5. The van der Waals surface area contributed by atoms with E-state index in [-0.39, 0.29) is 30.3 Å². The molecule has 0 saturated heterocycles. The second-order valence-corrected chi connectivity index (χ2v) is 7.40. The molecule has 7 nitrogen and oxygen atoms in total. The van der Waals surface area contributed by atoms with Crippen LogP contribution in [0.3, 0.4) is 0 Å². The lowest BCUT2D eigenvalue weighted by atomic mass is 10.2. The van der Waals surface area contributed by atoms with Gasteiger partial charge in [-0.3, -0.25) is 14.8 Å². The van der Waals surface area contributed by atoms with Gasteiger partial charge in [0.15, 0.2) is 6.23 Å². The van der Waals surface area contributed by atoms with Crippen molar-refractivity contribution < 1.29 is 23.4 Å². The number of rotatable bonds is 5. The van der Waals surface area contributed by atoms with Gasteiger partial charge in [-0.15, -0.1) is 0 Å². The van der Waals surface area contributed by atoms with Gasteiger partial charge in [0.2, 0.25) is 5.91 Å². The number of ether oxygens (including phenoxy) is 1. The van der Waals surface area contributed by atoms with Crippen molar-refractivity contribution in [3.63, 3.8) is 0 Å². The predicted molar refractivity (Wildman–Crippen MR) is 110 cm³/mol. The smallest absolute Gasteiger partial charge is 0.247 e. The summed E-state index contributed by atoms with van der Waals surface area (Å²) in [6.45, 7) is 1.78. The first-order valence-corrected chi connectivity index (χ1v) is 9.75. The van der Waals surface area contributed by atoms with E-state index in [9.17, 15) is 18.7 Å². The zero-order chi connectivity index (χ0) is 22.1. The summed E-state index contributed by atoms with van der Waals surface area (Å²) in [5.74, 6) is -0.767. The zero-order valence-corrected chi connectivity index (χ0v) is 17.0. The minimum absolute atomic E-state index is 0.00562. The van der Waals surface area contributed by atoms with Crippen molar-refractivity contribution in [1.29, 1.82) is 0 Å². The SMILES string of the molecule is Cc1cc(C(O)N[C@H]2COc3ccccc3N(C)C2=O)nn1Cc1cc(F)ccc1F. The number of aryl methyl sites for hydroxylation is 1. The molecule has 9 heteroatoms. The largest absolute Gasteiger partial charge is 0.489 e. The highest BCUT2D eigenvalue weighted by molar-refractivity contribution is 5.98. The fourth-order valence-electron chi connectivity index (χ4n) is 3.50. The highest BCUT2D eigenvalue weighted by Crippen LogP contribution is 2.30. The van der Waals surface area contributed by atoms with Crippen LogP contribution in [-0.2, 0) is 11.3 Å². The lowest BCUT2D eigenvalue weighted by molar-refractivity contribution is -0.121. The number of anilines is 1. The Kier molecular flexibility index (Phi) is 5.71. The molecular formula is C22H22F2N4O3. The van der Waals surface area contributed by atoms with E-state index in [0.717, 1.165) is 18.2 Å². The maximum absolute atomic E-state index is 14.0. The third kappa shape index (κ3) is 4.28. The fraction of sp³-hybridized carbons (Fsp3) is 0.273. The normalized spacial score (nSPS) is 17.1. The van der Waals surface area contributed by atoms with Crippen molar-refractivity contribution >= 4 is 11.6 Å². The van der Waals surface area contributed by atoms with Gasteiger partial charge in [0.05, 0.1) is 12.2 Å². The Balaban J connectivity index is 1.49. The average Bonchev–Trinajstić information content (AvgIpc) is 3.07. The number of halogens is 2. The molecule has 0 spiro atoms. The van der Waals surface area contributed by atoms with Crippen LogP contribution in [0.5, 0.6) is 5.75 Å². The van der Waals surface area contributed by atoms with Crippen LogP contribution in [0.4, 0.5) is 14.5 Å². The van der Waals surface area contributed by atoms with Gasteiger partial charge in [0.25, 0.3) is 0 Å². The minimum Gasteiger partial charge on any atom is -0.489 e. The van der Waals surface area contributed by atoms with Crippen molar-refractivity contribution in [3.8, 4) is 5.75 Å². The van der Waals surface area contributed by atoms with Gasteiger partial charge >= 0.3 is 0 Å². The first-order chi connectivity index (χ1) is 14.8. The van der Waals surface area contributed by atoms with Crippen LogP contribution in [0.15, 0.2) is 48.5 Å². The Morgan fingerprint density at radius 3 is 2.84 bits per heavy atom. The van der Waals surface area contributed by atoms with Crippen molar-refractivity contribution in [2.75, 3.05) is 18.6 Å². The van der Waals surface area contributed by atoms with E-state index in [1.807, 2.05) is 12.1 Å². The molecule has 1 amide bonds. The summed E-state index contributed by atoms with van der Waals surface area (Å²) >= 11 is 0. The maximum Gasteiger partial charge on any atom is 0.247 e. The number of aromatic nitrogens is 2. The van der Waals surface area contributed by atoms with Crippen LogP contribution in [0.2, 0.25) is 0 Å². The summed E-state index contributed by atoms with van der Waals surface area (Å²) in [6, 6.07) is 11.2. The van der Waals surface area contributed by atoms with E-state index in [2.05, 4.69) is 10.4 Å². The number of hydrogen-bond donors (Lipinski definition) is 2. The number of carbonyl (C=O) groups is 1. The van der Waals surface area contributed by atoms with Crippen molar-refractivity contribution in [2.45, 2.75) is 25.7 Å². The molecule has 3 aromatic rings. The second-order valence-electron chi connectivity index (χ2n) is 7.40. The number of amides is 1. The molecule has 31 heavy (non-hydrogen) atoms. The van der Waals surface area contributed by atoms with E-state index >= 15 is 0 Å². The fourth-order valence-corrected chi connectivity index (χ4v) is 3.50. The highest BCUT2D eigenvalue weighted by atomic mass is 19.1. The molecule has 4 rings (SSSR count). The molecule has 162 valence electrons. The van der Waals surface area contributed by atoms with Crippen molar-refractivity contribution in [3.05, 3.63) is 77.1 Å². The number of nitrogens with one attached hydrogen (secondary N) is 1. The van der Waals surface area contributed by atoms with Gasteiger partial charge in [0, 0.05) is 18.3 Å². The van der Waals surface area contributed by atoms with E-state index in [1.165, 1.54) is 9.58 Å². The van der Waals surface area contributed by atoms with Gasteiger partial charge in [-0.2, -0.15) is 5.10 Å². The monoisotopic (exact) mass is 428 g/mol. The standard InChI is InChI=1S/C22H22F2N4O3/c1-13-9-17(26-28(13)11-14-10-15(23)7-8-16(14)24)21(29)25-18-12-31-20-6-4-3-5-19(20)27(2)22(18)30/h3-10,18,21,25,29H,11-12H2,1-2H3/t18-,21?/m0/s1. The summed E-state index contributed by atoms with van der Waals surface area (Å²) in [5, 5.41) is 17.8. The molecule has 1 aromatic heterocycles. The van der Waals surface area contributed by atoms with Crippen LogP contribution in [0.25, 0.3) is 0 Å². The van der Waals surface area contributed by atoms with Crippen LogP contribution < -0.4 is 15.0 Å². The molecule has 2 atom stereocenters.